The fraction of sp³-hybridized carbons (Fsp3) is 1.00. The first-order chi connectivity index (χ1) is 7.95. The lowest BCUT2D eigenvalue weighted by molar-refractivity contribution is -0.772. The number of nitrogens with zero attached hydrogens (tertiary/aromatic N) is 2. The van der Waals surface area contributed by atoms with E-state index >= 15 is 0 Å². The minimum absolute atomic E-state index is 0.171. The van der Waals surface area contributed by atoms with Crippen LogP contribution in [0.25, 0.3) is 0 Å². The molecule has 17 heavy (non-hydrogen) atoms. The summed E-state index contributed by atoms with van der Waals surface area (Å²) in [6, 6.07) is 0. The summed E-state index contributed by atoms with van der Waals surface area (Å²) >= 11 is 0. The molecule has 0 fully saturated rings. The zero-order valence-electron chi connectivity index (χ0n) is 10.1. The van der Waals surface area contributed by atoms with Gasteiger partial charge < -0.3 is 9.68 Å². The monoisotopic (exact) mass is 250 g/mol. The molecule has 0 saturated carbocycles. The molecule has 0 rings (SSSR count). The lowest BCUT2D eigenvalue weighted by atomic mass is 9.81. The predicted molar refractivity (Wildman–Crippen MR) is 58.1 cm³/mol. The van der Waals surface area contributed by atoms with Gasteiger partial charge in [0.1, 0.15) is 13.2 Å². The molecule has 100 valence electrons. The van der Waals surface area contributed by atoms with Gasteiger partial charge in [0.05, 0.1) is 0 Å². The summed E-state index contributed by atoms with van der Waals surface area (Å²) in [4.78, 5) is 29.1. The van der Waals surface area contributed by atoms with Gasteiger partial charge in [-0.05, 0) is 12.8 Å². The van der Waals surface area contributed by atoms with Crippen molar-refractivity contribution in [3.63, 3.8) is 0 Å². The normalized spacial score (nSPS) is 10.9. The molecular weight excluding hydrogens is 232 g/mol. The highest BCUT2D eigenvalue weighted by Crippen LogP contribution is 2.31. The first-order valence-corrected chi connectivity index (χ1v) is 5.50. The topological polar surface area (TPSA) is 105 Å². The number of rotatable bonds is 10. The van der Waals surface area contributed by atoms with Crippen molar-refractivity contribution in [3.8, 4) is 0 Å². The van der Waals surface area contributed by atoms with E-state index in [9.17, 15) is 20.2 Å². The Kier molecular flexibility index (Phi) is 6.92. The average molecular weight is 250 g/mol. The summed E-state index contributed by atoms with van der Waals surface area (Å²) in [5.41, 5.74) is -0.663. The van der Waals surface area contributed by atoms with Gasteiger partial charge in [-0.2, -0.15) is 0 Å². The van der Waals surface area contributed by atoms with E-state index in [1.165, 1.54) is 0 Å². The molecule has 0 radical (unpaired) electrons. The SMILES string of the molecule is CCCC(CCC)(CO[N+](=O)[O-])CO[N+](=O)[O-]. The summed E-state index contributed by atoms with van der Waals surface area (Å²) in [6.07, 6.45) is 2.68. The highest BCUT2D eigenvalue weighted by Gasteiger charge is 2.31. The molecule has 0 saturated heterocycles. The van der Waals surface area contributed by atoms with Crippen LogP contribution in [-0.2, 0) is 9.68 Å². The summed E-state index contributed by atoms with van der Waals surface area (Å²) in [6.45, 7) is 3.47. The van der Waals surface area contributed by atoms with E-state index < -0.39 is 15.6 Å². The first-order valence-electron chi connectivity index (χ1n) is 5.50. The molecule has 0 aliphatic carbocycles. The Morgan fingerprint density at radius 1 is 0.941 bits per heavy atom. The largest absolute Gasteiger partial charge is 0.313 e. The Hall–Kier alpha value is -1.60. The van der Waals surface area contributed by atoms with Crippen LogP contribution < -0.4 is 0 Å². The standard InChI is InChI=1S/C9H18N2O6/c1-3-5-9(6-4-2,7-16-10(12)13)8-17-11(14)15/h3-8H2,1-2H3. The molecule has 0 aromatic rings. The maximum atomic E-state index is 10.2. The zero-order chi connectivity index (χ0) is 13.3. The highest BCUT2D eigenvalue weighted by molar-refractivity contribution is 4.77. The van der Waals surface area contributed by atoms with Gasteiger partial charge in [0, 0.05) is 5.41 Å². The molecule has 0 heterocycles. The van der Waals surface area contributed by atoms with Crippen molar-refractivity contribution in [3.05, 3.63) is 20.2 Å². The lowest BCUT2D eigenvalue weighted by Gasteiger charge is -2.31. The van der Waals surface area contributed by atoms with Gasteiger partial charge in [-0.1, -0.05) is 26.7 Å². The van der Waals surface area contributed by atoms with Crippen molar-refractivity contribution >= 4 is 0 Å². The van der Waals surface area contributed by atoms with Crippen molar-refractivity contribution < 1.29 is 19.8 Å². The Balaban J connectivity index is 4.57. The molecule has 0 unspecified atom stereocenters. The predicted octanol–water partition coefficient (Wildman–Crippen LogP) is 1.99. The Morgan fingerprint density at radius 3 is 1.53 bits per heavy atom. The fourth-order valence-electron chi connectivity index (χ4n) is 1.90. The summed E-state index contributed by atoms with van der Waals surface area (Å²) < 4.78 is 0. The van der Waals surface area contributed by atoms with Crippen molar-refractivity contribution in [2.75, 3.05) is 13.2 Å². The smallest absolute Gasteiger partial charge is 0.294 e. The van der Waals surface area contributed by atoms with Crippen molar-refractivity contribution in [2.45, 2.75) is 39.5 Å². The molecule has 0 aromatic carbocycles. The maximum Gasteiger partial charge on any atom is 0.294 e. The summed E-state index contributed by atoms with van der Waals surface area (Å²) in [5.74, 6) is 0. The van der Waals surface area contributed by atoms with Gasteiger partial charge >= 0.3 is 0 Å². The molecule has 8 nitrogen and oxygen atoms in total. The third-order valence-corrected chi connectivity index (χ3v) is 2.51. The number of hydrogen-bond acceptors (Lipinski definition) is 6. The zero-order valence-corrected chi connectivity index (χ0v) is 10.1. The summed E-state index contributed by atoms with van der Waals surface area (Å²) in [7, 11) is 0. The van der Waals surface area contributed by atoms with E-state index in [0.29, 0.717) is 12.8 Å². The van der Waals surface area contributed by atoms with Crippen LogP contribution in [0.5, 0.6) is 0 Å². The molecule has 0 amide bonds. The second-order valence-electron chi connectivity index (χ2n) is 3.99. The van der Waals surface area contributed by atoms with E-state index in [-0.39, 0.29) is 13.2 Å². The van der Waals surface area contributed by atoms with Gasteiger partial charge in [-0.3, -0.25) is 0 Å². The molecule has 0 aromatic heterocycles. The molecule has 0 atom stereocenters. The van der Waals surface area contributed by atoms with E-state index in [1.807, 2.05) is 13.8 Å². The van der Waals surface area contributed by atoms with E-state index in [0.717, 1.165) is 12.8 Å². The van der Waals surface area contributed by atoms with Crippen LogP contribution in [-0.4, -0.2) is 23.4 Å². The van der Waals surface area contributed by atoms with Crippen LogP contribution in [0, 0.1) is 25.6 Å². The average Bonchev–Trinajstić information content (AvgIpc) is 2.24. The van der Waals surface area contributed by atoms with Crippen LogP contribution in [0.2, 0.25) is 0 Å². The minimum Gasteiger partial charge on any atom is -0.313 e. The Morgan fingerprint density at radius 2 is 1.29 bits per heavy atom. The Labute approximate surface area is 99.1 Å². The number of hydrogen-bond donors (Lipinski definition) is 0. The van der Waals surface area contributed by atoms with Crippen LogP contribution in [0.15, 0.2) is 0 Å². The molecule has 8 heteroatoms. The molecule has 0 aliphatic heterocycles. The second-order valence-corrected chi connectivity index (χ2v) is 3.99. The first kappa shape index (κ1) is 15.4. The van der Waals surface area contributed by atoms with Crippen molar-refractivity contribution in [1.82, 2.24) is 0 Å². The second kappa shape index (κ2) is 7.64. The van der Waals surface area contributed by atoms with E-state index in [2.05, 4.69) is 9.68 Å². The van der Waals surface area contributed by atoms with Crippen molar-refractivity contribution in [2.24, 2.45) is 5.41 Å². The van der Waals surface area contributed by atoms with Gasteiger partial charge in [0.25, 0.3) is 10.2 Å². The van der Waals surface area contributed by atoms with Crippen LogP contribution >= 0.6 is 0 Å². The quantitative estimate of drug-likeness (QED) is 0.433. The van der Waals surface area contributed by atoms with Gasteiger partial charge in [0.2, 0.25) is 0 Å². The Bertz CT molecular complexity index is 232. The van der Waals surface area contributed by atoms with Crippen LogP contribution in [0.4, 0.5) is 0 Å². The molecular formula is C9H18N2O6. The molecule has 0 bridgehead atoms. The third-order valence-electron chi connectivity index (χ3n) is 2.51. The molecule has 0 spiro atoms. The van der Waals surface area contributed by atoms with E-state index in [1.54, 1.807) is 0 Å². The van der Waals surface area contributed by atoms with Crippen LogP contribution in [0.3, 0.4) is 0 Å². The highest BCUT2D eigenvalue weighted by atomic mass is 17.0. The van der Waals surface area contributed by atoms with E-state index in [4.69, 9.17) is 0 Å². The minimum atomic E-state index is -0.883. The molecule has 0 N–H and O–H groups in total. The van der Waals surface area contributed by atoms with Gasteiger partial charge in [-0.15, -0.1) is 20.2 Å². The van der Waals surface area contributed by atoms with Gasteiger partial charge in [-0.25, -0.2) is 0 Å². The van der Waals surface area contributed by atoms with Gasteiger partial charge in [0.15, 0.2) is 0 Å². The lowest BCUT2D eigenvalue weighted by Crippen LogP contribution is -2.34. The third kappa shape index (κ3) is 6.54. The summed E-state index contributed by atoms with van der Waals surface area (Å²) in [5, 5.41) is 18.6. The molecule has 0 aliphatic rings. The maximum absolute atomic E-state index is 10.2. The fourth-order valence-corrected chi connectivity index (χ4v) is 1.90. The van der Waals surface area contributed by atoms with Crippen molar-refractivity contribution in [1.29, 1.82) is 0 Å². The van der Waals surface area contributed by atoms with Crippen LogP contribution in [0.1, 0.15) is 39.5 Å².